The van der Waals surface area contributed by atoms with Crippen LogP contribution in [0.1, 0.15) is 11.4 Å². The lowest BCUT2D eigenvalue weighted by molar-refractivity contribution is -0.121. The molecule has 1 aromatic heterocycles. The predicted molar refractivity (Wildman–Crippen MR) is 76.8 cm³/mol. The Morgan fingerprint density at radius 1 is 1.47 bits per heavy atom. The highest BCUT2D eigenvalue weighted by Gasteiger charge is 2.02. The molecule has 1 aromatic carbocycles. The number of rotatable bonds is 4. The quantitative estimate of drug-likeness (QED) is 0.692. The van der Waals surface area contributed by atoms with Gasteiger partial charge in [-0.25, -0.2) is 10.4 Å². The number of aryl methyl sites for hydroxylation is 1. The Balaban J connectivity index is 1.86. The first-order chi connectivity index (χ1) is 9.15. The van der Waals surface area contributed by atoms with Crippen LogP contribution in [0.15, 0.2) is 46.2 Å². The number of benzene rings is 1. The smallest absolute Gasteiger partial charge is 0.260 e. The van der Waals surface area contributed by atoms with Crippen molar-refractivity contribution in [3.05, 3.63) is 52.5 Å². The molecule has 19 heavy (non-hydrogen) atoms. The van der Waals surface area contributed by atoms with Crippen LogP contribution in [0.4, 0.5) is 0 Å². The fourth-order valence-corrected chi connectivity index (χ4v) is 1.75. The van der Waals surface area contributed by atoms with Crippen molar-refractivity contribution < 1.29 is 4.79 Å². The number of nitrogens with zero attached hydrogens (tertiary/aromatic N) is 3. The predicted octanol–water partition coefficient (Wildman–Crippen LogP) is 2.10. The van der Waals surface area contributed by atoms with Gasteiger partial charge in [-0.15, -0.1) is 0 Å². The van der Waals surface area contributed by atoms with Crippen molar-refractivity contribution in [3.8, 4) is 0 Å². The van der Waals surface area contributed by atoms with Crippen LogP contribution in [0.2, 0.25) is 0 Å². The van der Waals surface area contributed by atoms with E-state index in [1.54, 1.807) is 23.2 Å². The number of hydrazone groups is 1. The van der Waals surface area contributed by atoms with Crippen LogP contribution in [0.5, 0.6) is 0 Å². The van der Waals surface area contributed by atoms with Crippen LogP contribution >= 0.6 is 15.9 Å². The summed E-state index contributed by atoms with van der Waals surface area (Å²) in [5, 5.41) is 3.91. The van der Waals surface area contributed by atoms with E-state index in [1.807, 2.05) is 31.2 Å². The Morgan fingerprint density at radius 3 is 2.84 bits per heavy atom. The van der Waals surface area contributed by atoms with Crippen molar-refractivity contribution in [2.75, 3.05) is 0 Å². The molecule has 0 saturated heterocycles. The normalized spacial score (nSPS) is 10.8. The van der Waals surface area contributed by atoms with Gasteiger partial charge in [0.2, 0.25) is 0 Å². The van der Waals surface area contributed by atoms with Crippen molar-refractivity contribution in [2.24, 2.45) is 5.10 Å². The molecule has 0 bridgehead atoms. The zero-order valence-electron chi connectivity index (χ0n) is 10.4. The summed E-state index contributed by atoms with van der Waals surface area (Å²) in [6, 6.07) is 7.63. The van der Waals surface area contributed by atoms with E-state index in [2.05, 4.69) is 31.4 Å². The molecular formula is C13H13BrN4O. The standard InChI is InChI=1S/C13H13BrN4O/c1-10-15-6-7-18(10)9-13(19)17-16-8-11-2-4-12(14)5-3-11/h2-8H,9H2,1H3,(H,17,19)/b16-8+. The van der Waals surface area contributed by atoms with Gasteiger partial charge in [0.1, 0.15) is 12.4 Å². The van der Waals surface area contributed by atoms with Gasteiger partial charge in [-0.05, 0) is 24.6 Å². The van der Waals surface area contributed by atoms with Crippen LogP contribution in [0.25, 0.3) is 0 Å². The molecule has 0 aliphatic heterocycles. The Labute approximate surface area is 119 Å². The van der Waals surface area contributed by atoms with Crippen LogP contribution in [0.3, 0.4) is 0 Å². The Bertz CT molecular complexity index is 589. The second kappa shape index (κ2) is 6.29. The van der Waals surface area contributed by atoms with Crippen LogP contribution < -0.4 is 5.43 Å². The molecule has 0 fully saturated rings. The lowest BCUT2D eigenvalue weighted by Gasteiger charge is -2.02. The fourth-order valence-electron chi connectivity index (χ4n) is 1.49. The molecule has 1 heterocycles. The van der Waals surface area contributed by atoms with Gasteiger partial charge >= 0.3 is 0 Å². The van der Waals surface area contributed by atoms with Crippen LogP contribution in [0, 0.1) is 6.92 Å². The number of carbonyl (C=O) groups excluding carboxylic acids is 1. The molecule has 6 heteroatoms. The first-order valence-electron chi connectivity index (χ1n) is 5.70. The number of halogens is 1. The molecule has 5 nitrogen and oxygen atoms in total. The van der Waals surface area contributed by atoms with Gasteiger partial charge < -0.3 is 4.57 Å². The van der Waals surface area contributed by atoms with Crippen LogP contribution in [-0.4, -0.2) is 21.7 Å². The third-order valence-electron chi connectivity index (χ3n) is 2.51. The van der Waals surface area contributed by atoms with E-state index in [4.69, 9.17) is 0 Å². The summed E-state index contributed by atoms with van der Waals surface area (Å²) in [4.78, 5) is 15.7. The first-order valence-corrected chi connectivity index (χ1v) is 6.49. The Hall–Kier alpha value is -1.95. The lowest BCUT2D eigenvalue weighted by Crippen LogP contribution is -2.23. The molecule has 0 spiro atoms. The van der Waals surface area contributed by atoms with Gasteiger partial charge in [0.15, 0.2) is 0 Å². The van der Waals surface area contributed by atoms with Crippen molar-refractivity contribution >= 4 is 28.1 Å². The molecule has 0 aliphatic carbocycles. The van der Waals surface area contributed by atoms with Crippen molar-refractivity contribution in [2.45, 2.75) is 13.5 Å². The summed E-state index contributed by atoms with van der Waals surface area (Å²) in [5.41, 5.74) is 3.40. The minimum Gasteiger partial charge on any atom is -0.326 e. The Morgan fingerprint density at radius 2 is 2.21 bits per heavy atom. The molecule has 0 radical (unpaired) electrons. The maximum absolute atomic E-state index is 11.6. The summed E-state index contributed by atoms with van der Waals surface area (Å²) in [6.45, 7) is 2.06. The van der Waals surface area contributed by atoms with Gasteiger partial charge in [-0.1, -0.05) is 28.1 Å². The lowest BCUT2D eigenvalue weighted by atomic mass is 10.2. The van der Waals surface area contributed by atoms with Gasteiger partial charge in [0, 0.05) is 16.9 Å². The summed E-state index contributed by atoms with van der Waals surface area (Å²) >= 11 is 3.35. The van der Waals surface area contributed by atoms with E-state index in [-0.39, 0.29) is 12.5 Å². The number of imidazole rings is 1. The first kappa shape index (κ1) is 13.5. The number of nitrogens with one attached hydrogen (secondary N) is 1. The number of aromatic nitrogens is 2. The summed E-state index contributed by atoms with van der Waals surface area (Å²) in [6.07, 6.45) is 5.02. The largest absolute Gasteiger partial charge is 0.326 e. The van der Waals surface area contributed by atoms with E-state index < -0.39 is 0 Å². The summed E-state index contributed by atoms with van der Waals surface area (Å²) in [7, 11) is 0. The second-order valence-corrected chi connectivity index (χ2v) is 4.86. The number of hydrogen-bond donors (Lipinski definition) is 1. The summed E-state index contributed by atoms with van der Waals surface area (Å²) in [5.74, 6) is 0.613. The van der Waals surface area contributed by atoms with Gasteiger partial charge in [0.25, 0.3) is 5.91 Å². The molecule has 1 N–H and O–H groups in total. The highest BCUT2D eigenvalue weighted by Crippen LogP contribution is 2.08. The highest BCUT2D eigenvalue weighted by atomic mass is 79.9. The second-order valence-electron chi connectivity index (χ2n) is 3.95. The third kappa shape index (κ3) is 4.03. The van der Waals surface area contributed by atoms with E-state index in [0.29, 0.717) is 0 Å². The SMILES string of the molecule is Cc1nccn1CC(=O)N/N=C/c1ccc(Br)cc1. The monoisotopic (exact) mass is 320 g/mol. The molecule has 1 amide bonds. The van der Waals surface area contributed by atoms with Gasteiger partial charge in [-0.2, -0.15) is 5.10 Å². The van der Waals surface area contributed by atoms with Gasteiger partial charge in [0.05, 0.1) is 6.21 Å². The fraction of sp³-hybridized carbons (Fsp3) is 0.154. The van der Waals surface area contributed by atoms with E-state index in [0.717, 1.165) is 15.9 Å². The van der Waals surface area contributed by atoms with Gasteiger partial charge in [-0.3, -0.25) is 4.79 Å². The zero-order valence-corrected chi connectivity index (χ0v) is 12.0. The average Bonchev–Trinajstić information content (AvgIpc) is 2.78. The minimum absolute atomic E-state index is 0.186. The van der Waals surface area contributed by atoms with E-state index in [1.165, 1.54) is 0 Å². The molecular weight excluding hydrogens is 308 g/mol. The molecule has 2 rings (SSSR count). The maximum atomic E-state index is 11.6. The van der Waals surface area contributed by atoms with Crippen molar-refractivity contribution in [3.63, 3.8) is 0 Å². The van der Waals surface area contributed by atoms with E-state index >= 15 is 0 Å². The molecule has 0 unspecified atom stereocenters. The van der Waals surface area contributed by atoms with Crippen LogP contribution in [-0.2, 0) is 11.3 Å². The number of carbonyl (C=O) groups is 1. The van der Waals surface area contributed by atoms with E-state index in [9.17, 15) is 4.79 Å². The number of amides is 1. The average molecular weight is 321 g/mol. The summed E-state index contributed by atoms with van der Waals surface area (Å²) < 4.78 is 2.76. The number of hydrogen-bond acceptors (Lipinski definition) is 3. The maximum Gasteiger partial charge on any atom is 0.260 e. The topological polar surface area (TPSA) is 59.3 Å². The molecule has 98 valence electrons. The Kier molecular flexibility index (Phi) is 4.46. The zero-order chi connectivity index (χ0) is 13.7. The molecule has 0 aliphatic rings. The van der Waals surface area contributed by atoms with Crippen molar-refractivity contribution in [1.29, 1.82) is 0 Å². The molecule has 2 aromatic rings. The highest BCUT2D eigenvalue weighted by molar-refractivity contribution is 9.10. The molecule has 0 atom stereocenters. The van der Waals surface area contributed by atoms with Crippen molar-refractivity contribution in [1.82, 2.24) is 15.0 Å². The molecule has 0 saturated carbocycles. The minimum atomic E-state index is -0.186. The third-order valence-corrected chi connectivity index (χ3v) is 3.04.